The van der Waals surface area contributed by atoms with E-state index in [0.29, 0.717) is 0 Å². The van der Waals surface area contributed by atoms with E-state index in [1.54, 1.807) is 25.2 Å². The molecule has 0 aromatic heterocycles. The van der Waals surface area contributed by atoms with E-state index in [9.17, 15) is 8.42 Å². The fourth-order valence-corrected chi connectivity index (χ4v) is 1.94. The number of hydrogen-bond donors (Lipinski definition) is 1. The predicted molar refractivity (Wildman–Crippen MR) is 47.4 cm³/mol. The molecule has 68 valence electrons. The van der Waals surface area contributed by atoms with Gasteiger partial charge < -0.3 is 0 Å². The Labute approximate surface area is 72.5 Å². The van der Waals surface area contributed by atoms with Crippen LogP contribution in [-0.4, -0.2) is 17.7 Å². The van der Waals surface area contributed by atoms with Crippen LogP contribution in [0.4, 0.5) is 0 Å². The standard InChI is InChI=1S/C8H12O3S/c1-7-5-3-4-6-8(7,2)12(9,10)11/h3-7H,1-2H3,(H,9,10,11)/t7-,8+/m1/s1. The lowest BCUT2D eigenvalue weighted by atomic mass is 9.91. The van der Waals surface area contributed by atoms with Gasteiger partial charge in [0.25, 0.3) is 10.1 Å². The van der Waals surface area contributed by atoms with Gasteiger partial charge in [0.1, 0.15) is 4.75 Å². The molecule has 0 unspecified atom stereocenters. The maximum Gasteiger partial charge on any atom is 0.274 e. The van der Waals surface area contributed by atoms with Gasteiger partial charge in [-0.15, -0.1) is 0 Å². The Balaban J connectivity index is 3.16. The Morgan fingerprint density at radius 2 is 2.00 bits per heavy atom. The minimum atomic E-state index is -4.01. The smallest absolute Gasteiger partial charge is 0.274 e. The van der Waals surface area contributed by atoms with Crippen molar-refractivity contribution in [3.8, 4) is 0 Å². The molecular formula is C8H12O3S. The van der Waals surface area contributed by atoms with E-state index in [1.807, 2.05) is 0 Å². The highest BCUT2D eigenvalue weighted by Gasteiger charge is 2.40. The Bertz CT molecular complexity index is 326. The Hall–Kier alpha value is -0.610. The number of hydrogen-bond acceptors (Lipinski definition) is 2. The molecule has 12 heavy (non-hydrogen) atoms. The SMILES string of the molecule is C[C@@H]1C=CC=C[C@]1(C)S(=O)(=O)O. The minimum Gasteiger partial charge on any atom is -0.285 e. The molecule has 0 amide bonds. The normalized spacial score (nSPS) is 35.4. The molecule has 4 heteroatoms. The lowest BCUT2D eigenvalue weighted by molar-refractivity contribution is 0.426. The van der Waals surface area contributed by atoms with E-state index in [0.717, 1.165) is 0 Å². The summed E-state index contributed by atoms with van der Waals surface area (Å²) in [5.74, 6) is -0.197. The Morgan fingerprint density at radius 3 is 2.33 bits per heavy atom. The number of allylic oxidation sites excluding steroid dienone is 3. The largest absolute Gasteiger partial charge is 0.285 e. The molecule has 2 atom stereocenters. The molecule has 1 aliphatic carbocycles. The third-order valence-electron chi connectivity index (χ3n) is 2.40. The van der Waals surface area contributed by atoms with Gasteiger partial charge in [0.15, 0.2) is 0 Å². The average molecular weight is 188 g/mol. The second-order valence-electron chi connectivity index (χ2n) is 3.19. The summed E-state index contributed by atoms with van der Waals surface area (Å²) in [5, 5.41) is 0. The maximum absolute atomic E-state index is 11.0. The molecule has 1 N–H and O–H groups in total. The van der Waals surface area contributed by atoms with Crippen LogP contribution < -0.4 is 0 Å². The summed E-state index contributed by atoms with van der Waals surface area (Å²) in [4.78, 5) is 0. The van der Waals surface area contributed by atoms with Crippen molar-refractivity contribution in [2.75, 3.05) is 0 Å². The summed E-state index contributed by atoms with van der Waals surface area (Å²) in [6.07, 6.45) is 6.67. The minimum absolute atomic E-state index is 0.197. The van der Waals surface area contributed by atoms with Crippen LogP contribution in [-0.2, 0) is 10.1 Å². The highest BCUT2D eigenvalue weighted by Crippen LogP contribution is 2.30. The molecule has 0 saturated carbocycles. The molecule has 0 saturated heterocycles. The van der Waals surface area contributed by atoms with Crippen molar-refractivity contribution in [3.63, 3.8) is 0 Å². The monoisotopic (exact) mass is 188 g/mol. The van der Waals surface area contributed by atoms with Crippen LogP contribution in [0.5, 0.6) is 0 Å². The van der Waals surface area contributed by atoms with Crippen molar-refractivity contribution in [1.29, 1.82) is 0 Å². The van der Waals surface area contributed by atoms with E-state index in [1.165, 1.54) is 13.0 Å². The topological polar surface area (TPSA) is 54.4 Å². The molecule has 0 spiro atoms. The quantitative estimate of drug-likeness (QED) is 0.633. The first-order chi connectivity index (χ1) is 5.38. The summed E-state index contributed by atoms with van der Waals surface area (Å²) in [6.45, 7) is 3.26. The fraction of sp³-hybridized carbons (Fsp3) is 0.500. The molecular weight excluding hydrogens is 176 g/mol. The molecule has 1 rings (SSSR count). The first-order valence-corrected chi connectivity index (χ1v) is 5.15. The average Bonchev–Trinajstić information content (AvgIpc) is 1.93. The van der Waals surface area contributed by atoms with Crippen LogP contribution >= 0.6 is 0 Å². The Morgan fingerprint density at radius 1 is 1.42 bits per heavy atom. The molecule has 0 bridgehead atoms. The van der Waals surface area contributed by atoms with Crippen molar-refractivity contribution in [2.45, 2.75) is 18.6 Å². The second kappa shape index (κ2) is 2.71. The van der Waals surface area contributed by atoms with Gasteiger partial charge >= 0.3 is 0 Å². The van der Waals surface area contributed by atoms with E-state index >= 15 is 0 Å². The van der Waals surface area contributed by atoms with E-state index in [-0.39, 0.29) is 5.92 Å². The van der Waals surface area contributed by atoms with E-state index in [4.69, 9.17) is 4.55 Å². The van der Waals surface area contributed by atoms with Crippen LogP contribution in [0, 0.1) is 5.92 Å². The summed E-state index contributed by atoms with van der Waals surface area (Å²) in [5.41, 5.74) is 0. The zero-order chi connectivity index (χ0) is 9.41. The summed E-state index contributed by atoms with van der Waals surface area (Å²) in [6, 6.07) is 0. The fourth-order valence-electron chi connectivity index (χ4n) is 1.14. The van der Waals surface area contributed by atoms with Crippen LogP contribution in [0.15, 0.2) is 24.3 Å². The molecule has 0 aliphatic heterocycles. The van der Waals surface area contributed by atoms with Gasteiger partial charge in [-0.25, -0.2) is 0 Å². The first-order valence-electron chi connectivity index (χ1n) is 3.71. The maximum atomic E-state index is 11.0. The van der Waals surface area contributed by atoms with Crippen molar-refractivity contribution in [3.05, 3.63) is 24.3 Å². The third kappa shape index (κ3) is 1.32. The van der Waals surface area contributed by atoms with Gasteiger partial charge in [0, 0.05) is 0 Å². The summed E-state index contributed by atoms with van der Waals surface area (Å²) in [7, 11) is -4.01. The van der Waals surface area contributed by atoms with Crippen molar-refractivity contribution in [1.82, 2.24) is 0 Å². The zero-order valence-electron chi connectivity index (χ0n) is 7.06. The molecule has 0 radical (unpaired) electrons. The molecule has 0 aromatic carbocycles. The lowest BCUT2D eigenvalue weighted by Gasteiger charge is -2.29. The van der Waals surface area contributed by atoms with Crippen LogP contribution in [0.3, 0.4) is 0 Å². The first kappa shape index (κ1) is 9.48. The van der Waals surface area contributed by atoms with Gasteiger partial charge in [-0.2, -0.15) is 8.42 Å². The molecule has 0 fully saturated rings. The van der Waals surface area contributed by atoms with E-state index < -0.39 is 14.9 Å². The van der Waals surface area contributed by atoms with Crippen molar-refractivity contribution >= 4 is 10.1 Å². The summed E-state index contributed by atoms with van der Waals surface area (Å²) < 4.78 is 29.8. The molecule has 0 aromatic rings. The van der Waals surface area contributed by atoms with Crippen LogP contribution in [0.25, 0.3) is 0 Å². The van der Waals surface area contributed by atoms with Gasteiger partial charge in [-0.3, -0.25) is 4.55 Å². The predicted octanol–water partition coefficient (Wildman–Crippen LogP) is 1.40. The van der Waals surface area contributed by atoms with Gasteiger partial charge in [0.05, 0.1) is 0 Å². The van der Waals surface area contributed by atoms with Crippen molar-refractivity contribution in [2.24, 2.45) is 5.92 Å². The highest BCUT2D eigenvalue weighted by molar-refractivity contribution is 7.87. The van der Waals surface area contributed by atoms with Crippen LogP contribution in [0.1, 0.15) is 13.8 Å². The van der Waals surface area contributed by atoms with Crippen LogP contribution in [0.2, 0.25) is 0 Å². The lowest BCUT2D eigenvalue weighted by Crippen LogP contribution is -2.39. The molecule has 1 aliphatic rings. The summed E-state index contributed by atoms with van der Waals surface area (Å²) >= 11 is 0. The molecule has 0 heterocycles. The third-order valence-corrected chi connectivity index (χ3v) is 4.02. The number of rotatable bonds is 1. The highest BCUT2D eigenvalue weighted by atomic mass is 32.2. The second-order valence-corrected chi connectivity index (χ2v) is 5.02. The van der Waals surface area contributed by atoms with Crippen molar-refractivity contribution < 1.29 is 13.0 Å². The molecule has 3 nitrogen and oxygen atoms in total. The zero-order valence-corrected chi connectivity index (χ0v) is 7.88. The van der Waals surface area contributed by atoms with Gasteiger partial charge in [-0.05, 0) is 12.8 Å². The van der Waals surface area contributed by atoms with E-state index in [2.05, 4.69) is 0 Å². The van der Waals surface area contributed by atoms with Gasteiger partial charge in [-0.1, -0.05) is 31.2 Å². The Kier molecular flexibility index (Phi) is 2.14. The van der Waals surface area contributed by atoms with Gasteiger partial charge in [0.2, 0.25) is 0 Å².